The van der Waals surface area contributed by atoms with Gasteiger partial charge < -0.3 is 19.4 Å². The zero-order chi connectivity index (χ0) is 28.2. The molecule has 2 heterocycles. The number of thiazole rings is 1. The van der Waals surface area contributed by atoms with Gasteiger partial charge in [-0.3, -0.25) is 9.59 Å². The molecule has 39 heavy (non-hydrogen) atoms. The van der Waals surface area contributed by atoms with Crippen LogP contribution in [0.15, 0.2) is 35.8 Å². The molecule has 10 nitrogen and oxygen atoms in total. The fourth-order valence-electron chi connectivity index (χ4n) is 4.35. The summed E-state index contributed by atoms with van der Waals surface area (Å²) in [5.41, 5.74) is 1.93. The van der Waals surface area contributed by atoms with Crippen LogP contribution >= 0.6 is 22.7 Å². The third-order valence-corrected chi connectivity index (χ3v) is 9.48. The summed E-state index contributed by atoms with van der Waals surface area (Å²) in [6.45, 7) is 8.35. The Bertz CT molecular complexity index is 1610. The number of amides is 2. The number of benzene rings is 1. The smallest absolute Gasteiger partial charge is 0.341 e. The molecule has 0 atom stereocenters. The predicted octanol–water partition coefficient (Wildman–Crippen LogP) is 3.50. The molecule has 1 aliphatic rings. The van der Waals surface area contributed by atoms with E-state index in [2.05, 4.69) is 16.9 Å². The Morgan fingerprint density at radius 1 is 1.15 bits per heavy atom. The van der Waals surface area contributed by atoms with Gasteiger partial charge in [0, 0.05) is 11.4 Å². The maximum atomic E-state index is 12.7. The molecule has 1 aromatic carbocycles. The number of carbonyl (C=O) groups is 3. The highest BCUT2D eigenvalue weighted by Crippen LogP contribution is 2.39. The van der Waals surface area contributed by atoms with Crippen molar-refractivity contribution in [2.24, 2.45) is 4.99 Å². The Morgan fingerprint density at radius 2 is 1.95 bits per heavy atom. The Balaban J connectivity index is 1.50. The van der Waals surface area contributed by atoms with E-state index < -0.39 is 39.1 Å². The van der Waals surface area contributed by atoms with Crippen LogP contribution in [-0.2, 0) is 43.5 Å². The number of ether oxygens (including phenoxy) is 2. The second-order valence-corrected chi connectivity index (χ2v) is 12.9. The Hall–Kier alpha value is -3.29. The van der Waals surface area contributed by atoms with E-state index in [1.54, 1.807) is 17.6 Å². The lowest BCUT2D eigenvalue weighted by molar-refractivity contribution is -0.115. The van der Waals surface area contributed by atoms with Gasteiger partial charge in [-0.15, -0.1) is 17.9 Å². The minimum absolute atomic E-state index is 0.178. The maximum Gasteiger partial charge on any atom is 0.341 e. The summed E-state index contributed by atoms with van der Waals surface area (Å²) in [5.74, 6) is -3.45. The van der Waals surface area contributed by atoms with Crippen molar-refractivity contribution >= 4 is 65.5 Å². The highest BCUT2D eigenvalue weighted by Gasteiger charge is 2.29. The molecule has 0 saturated carbocycles. The monoisotopic (exact) mass is 591 g/mol. The average Bonchev–Trinajstić information content (AvgIpc) is 3.52. The van der Waals surface area contributed by atoms with Crippen LogP contribution < -0.4 is 14.9 Å². The number of sulfone groups is 1. The molecule has 2 amide bonds. The molecule has 0 aliphatic heterocycles. The lowest BCUT2D eigenvalue weighted by Crippen LogP contribution is -2.28. The summed E-state index contributed by atoms with van der Waals surface area (Å²) >= 11 is 2.48. The topological polar surface area (TPSA) is 133 Å². The number of hydrogen-bond donors (Lipinski definition) is 1. The van der Waals surface area contributed by atoms with E-state index in [0.29, 0.717) is 30.1 Å². The molecular formula is C26H29N3O7S3. The molecule has 0 unspecified atom stereocenters. The van der Waals surface area contributed by atoms with Crippen molar-refractivity contribution in [1.82, 2.24) is 4.57 Å². The number of nitrogens with zero attached hydrogens (tertiary/aromatic N) is 2. The number of fused-ring (bicyclic) bond motifs is 2. The fraction of sp³-hybridized carbons (Fsp3) is 0.385. The number of carbonyl (C=O) groups excluding carboxylic acids is 3. The zero-order valence-corrected chi connectivity index (χ0v) is 24.1. The van der Waals surface area contributed by atoms with Gasteiger partial charge in [0.25, 0.3) is 5.91 Å². The molecule has 1 aliphatic carbocycles. The summed E-state index contributed by atoms with van der Waals surface area (Å²) < 4.78 is 38.7. The molecule has 0 fully saturated rings. The SMILES string of the molecule is C=CCn1c(=NC(=O)CS(=O)(=O)CC(=O)Nc2sc3c(c2C(=O)OCC)CCC3)sc2cc(OCC)ccc21. The predicted molar refractivity (Wildman–Crippen MR) is 151 cm³/mol. The molecule has 0 spiro atoms. The second kappa shape index (κ2) is 12.3. The van der Waals surface area contributed by atoms with Gasteiger partial charge in [-0.25, -0.2) is 13.2 Å². The third kappa shape index (κ3) is 6.65. The number of hydrogen-bond acceptors (Lipinski definition) is 9. The number of anilines is 1. The van der Waals surface area contributed by atoms with Gasteiger partial charge in [0.15, 0.2) is 14.6 Å². The Morgan fingerprint density at radius 3 is 2.67 bits per heavy atom. The van der Waals surface area contributed by atoms with Crippen LogP contribution in [0.2, 0.25) is 0 Å². The molecule has 1 N–H and O–H groups in total. The van der Waals surface area contributed by atoms with Crippen LogP contribution in [0.1, 0.15) is 41.1 Å². The number of nitrogens with one attached hydrogen (secondary N) is 1. The van der Waals surface area contributed by atoms with Crippen molar-refractivity contribution in [2.75, 3.05) is 30.0 Å². The molecule has 3 aromatic rings. The fourth-order valence-corrected chi connectivity index (χ4v) is 7.75. The molecule has 2 aromatic heterocycles. The van der Waals surface area contributed by atoms with E-state index in [0.717, 1.165) is 33.5 Å². The van der Waals surface area contributed by atoms with Crippen LogP contribution in [0.4, 0.5) is 5.00 Å². The first-order valence-electron chi connectivity index (χ1n) is 12.4. The molecule has 0 saturated heterocycles. The van der Waals surface area contributed by atoms with Gasteiger partial charge in [-0.05, 0) is 56.9 Å². The summed E-state index contributed by atoms with van der Waals surface area (Å²) in [6, 6.07) is 5.48. The molecule has 4 rings (SSSR count). The Kier molecular flexibility index (Phi) is 9.03. The lowest BCUT2D eigenvalue weighted by atomic mass is 10.1. The normalized spacial score (nSPS) is 13.3. The van der Waals surface area contributed by atoms with Crippen LogP contribution in [0.3, 0.4) is 0 Å². The van der Waals surface area contributed by atoms with Crippen molar-refractivity contribution < 1.29 is 32.3 Å². The second-order valence-electron chi connectivity index (χ2n) is 8.71. The van der Waals surface area contributed by atoms with Gasteiger partial charge >= 0.3 is 5.97 Å². The van der Waals surface area contributed by atoms with Crippen molar-refractivity contribution in [3.05, 3.63) is 51.7 Å². The number of rotatable bonds is 11. The molecule has 208 valence electrons. The van der Waals surface area contributed by atoms with Crippen molar-refractivity contribution in [1.29, 1.82) is 0 Å². The van der Waals surface area contributed by atoms with Crippen molar-refractivity contribution in [2.45, 2.75) is 39.7 Å². The number of aryl methyl sites for hydroxylation is 1. The highest BCUT2D eigenvalue weighted by atomic mass is 32.2. The number of allylic oxidation sites excluding steroid dienone is 1. The van der Waals surface area contributed by atoms with Gasteiger partial charge in [-0.2, -0.15) is 4.99 Å². The van der Waals surface area contributed by atoms with E-state index in [4.69, 9.17) is 9.47 Å². The van der Waals surface area contributed by atoms with E-state index in [1.807, 2.05) is 25.1 Å². The quantitative estimate of drug-likeness (QED) is 0.267. The maximum absolute atomic E-state index is 12.7. The van der Waals surface area contributed by atoms with Crippen molar-refractivity contribution in [3.63, 3.8) is 0 Å². The van der Waals surface area contributed by atoms with E-state index in [-0.39, 0.29) is 17.2 Å². The molecule has 0 radical (unpaired) electrons. The van der Waals surface area contributed by atoms with Crippen LogP contribution in [0, 0.1) is 0 Å². The van der Waals surface area contributed by atoms with Gasteiger partial charge in [-0.1, -0.05) is 17.4 Å². The lowest BCUT2D eigenvalue weighted by Gasteiger charge is -2.08. The number of aromatic nitrogens is 1. The minimum atomic E-state index is -4.14. The summed E-state index contributed by atoms with van der Waals surface area (Å²) in [5, 5.41) is 2.82. The third-order valence-electron chi connectivity index (χ3n) is 5.85. The average molecular weight is 592 g/mol. The zero-order valence-electron chi connectivity index (χ0n) is 21.7. The minimum Gasteiger partial charge on any atom is -0.494 e. The summed E-state index contributed by atoms with van der Waals surface area (Å²) in [6.07, 6.45) is 4.04. The van der Waals surface area contributed by atoms with Crippen LogP contribution in [0.25, 0.3) is 10.2 Å². The van der Waals surface area contributed by atoms with Crippen molar-refractivity contribution in [3.8, 4) is 5.75 Å². The molecule has 13 heteroatoms. The van der Waals surface area contributed by atoms with E-state index in [1.165, 1.54) is 22.7 Å². The standard InChI is InChI=1S/C26H29N3O7S3/c1-4-12-29-18-11-10-16(35-5-2)13-20(18)38-26(29)28-22(31)15-39(33,34)14-21(30)27-24-23(25(32)36-6-3)17-8-7-9-19(17)37-24/h4,10-11,13H,1,5-9,12,14-15H2,2-3H3,(H,27,30). The van der Waals surface area contributed by atoms with Crippen LogP contribution in [-0.4, -0.2) is 55.5 Å². The largest absolute Gasteiger partial charge is 0.494 e. The van der Waals surface area contributed by atoms with E-state index >= 15 is 0 Å². The first-order valence-corrected chi connectivity index (χ1v) is 15.9. The molecule has 0 bridgehead atoms. The highest BCUT2D eigenvalue weighted by molar-refractivity contribution is 7.92. The summed E-state index contributed by atoms with van der Waals surface area (Å²) in [7, 11) is -4.14. The van der Waals surface area contributed by atoms with Gasteiger partial charge in [0.2, 0.25) is 5.91 Å². The summed E-state index contributed by atoms with van der Waals surface area (Å²) in [4.78, 5) is 43.2. The number of thiophene rings is 1. The van der Waals surface area contributed by atoms with Gasteiger partial charge in [0.1, 0.15) is 22.3 Å². The van der Waals surface area contributed by atoms with Gasteiger partial charge in [0.05, 0.1) is 29.0 Å². The molecular weight excluding hydrogens is 563 g/mol. The first kappa shape index (κ1) is 28.7. The van der Waals surface area contributed by atoms with E-state index in [9.17, 15) is 22.8 Å². The van der Waals surface area contributed by atoms with Crippen LogP contribution in [0.5, 0.6) is 5.75 Å². The number of esters is 1. The first-order chi connectivity index (χ1) is 18.7. The Labute approximate surface area is 233 Å².